The molecule has 43 heavy (non-hydrogen) atoms. The zero-order valence-corrected chi connectivity index (χ0v) is 25.6. The summed E-state index contributed by atoms with van der Waals surface area (Å²) in [5.41, 5.74) is -5.26. The fourth-order valence-electron chi connectivity index (χ4n) is 9.12. The van der Waals surface area contributed by atoms with Gasteiger partial charge in [-0.3, -0.25) is 9.59 Å². The van der Waals surface area contributed by atoms with Gasteiger partial charge >= 0.3 is 0 Å². The van der Waals surface area contributed by atoms with Crippen molar-refractivity contribution in [1.29, 1.82) is 0 Å². The van der Waals surface area contributed by atoms with E-state index in [0.29, 0.717) is 18.6 Å². The van der Waals surface area contributed by atoms with Crippen LogP contribution in [-0.4, -0.2) is 65.3 Å². The quantitative estimate of drug-likeness (QED) is 0.398. The van der Waals surface area contributed by atoms with E-state index in [9.17, 15) is 14.7 Å². The van der Waals surface area contributed by atoms with E-state index in [1.165, 1.54) is 18.2 Å². The summed E-state index contributed by atoms with van der Waals surface area (Å²) in [6.07, 6.45) is 0.853. The predicted octanol–water partition coefficient (Wildman–Crippen LogP) is 5.66. The molecule has 1 heterocycles. The maximum absolute atomic E-state index is 17.6. The molecule has 5 aliphatic rings. The number of nitrogens with one attached hydrogen (secondary N) is 1. The van der Waals surface area contributed by atoms with Gasteiger partial charge in [-0.05, 0) is 94.4 Å². The van der Waals surface area contributed by atoms with Crippen molar-refractivity contribution in [3.63, 3.8) is 0 Å². The monoisotopic (exact) mass is 599 g/mol. The van der Waals surface area contributed by atoms with Crippen molar-refractivity contribution in [2.24, 2.45) is 22.7 Å². The lowest BCUT2D eigenvalue weighted by molar-refractivity contribution is -0.234. The maximum Gasteiger partial charge on any atom is 0.205 e. The number of halogens is 2. The van der Waals surface area contributed by atoms with Gasteiger partial charge in [-0.2, -0.15) is 0 Å². The van der Waals surface area contributed by atoms with Crippen molar-refractivity contribution < 1.29 is 37.7 Å². The van der Waals surface area contributed by atoms with Crippen LogP contribution in [0.3, 0.4) is 0 Å². The Kier molecular flexibility index (Phi) is 7.41. The average molecular weight is 600 g/mol. The van der Waals surface area contributed by atoms with Crippen molar-refractivity contribution >= 4 is 17.3 Å². The molecule has 4 fully saturated rings. The van der Waals surface area contributed by atoms with Crippen LogP contribution in [0.4, 0.5) is 14.5 Å². The number of Topliss-reactive ketones (excluding diaryl/α,β-unsaturated/α-hetero) is 1. The summed E-state index contributed by atoms with van der Waals surface area (Å²) in [6.45, 7) is 9.24. The number of benzene rings is 1. The highest BCUT2D eigenvalue weighted by molar-refractivity contribution is 6.01. The van der Waals surface area contributed by atoms with Gasteiger partial charge in [0.1, 0.15) is 18.5 Å². The molecule has 234 valence electrons. The first-order valence-corrected chi connectivity index (χ1v) is 15.6. The van der Waals surface area contributed by atoms with Crippen molar-refractivity contribution in [1.82, 2.24) is 0 Å². The highest BCUT2D eigenvalue weighted by Gasteiger charge is 2.80. The van der Waals surface area contributed by atoms with Crippen molar-refractivity contribution in [3.8, 4) is 5.75 Å². The van der Waals surface area contributed by atoms with Gasteiger partial charge in [0.15, 0.2) is 23.3 Å². The van der Waals surface area contributed by atoms with Gasteiger partial charge in [0.05, 0.1) is 12.2 Å². The van der Waals surface area contributed by atoms with E-state index in [0.717, 1.165) is 12.1 Å². The first kappa shape index (κ1) is 30.4. The summed E-state index contributed by atoms with van der Waals surface area (Å²) in [7, 11) is 0. The summed E-state index contributed by atoms with van der Waals surface area (Å²) in [5.74, 6) is -1.63. The first-order valence-electron chi connectivity index (χ1n) is 15.6. The van der Waals surface area contributed by atoms with Gasteiger partial charge in [0.25, 0.3) is 0 Å². The molecule has 0 radical (unpaired) electrons. The number of anilines is 1. The van der Waals surface area contributed by atoms with Gasteiger partial charge in [-0.1, -0.05) is 26.3 Å². The maximum atomic E-state index is 17.6. The average Bonchev–Trinajstić information content (AvgIpc) is 3.43. The van der Waals surface area contributed by atoms with Crippen LogP contribution in [0, 0.1) is 22.7 Å². The van der Waals surface area contributed by atoms with Crippen LogP contribution in [0.25, 0.3) is 0 Å². The molecular formula is C34H43F2NO6. The number of aliphatic hydroxyl groups is 1. The van der Waals surface area contributed by atoms with Crippen LogP contribution in [0.1, 0.15) is 66.7 Å². The second-order valence-corrected chi connectivity index (χ2v) is 13.8. The number of rotatable bonds is 8. The number of carbonyl (C=O) groups is 2. The molecule has 9 heteroatoms. The number of carbonyl (C=O) groups excluding carboxylic acids is 2. The minimum Gasteiger partial charge on any atom is -0.486 e. The van der Waals surface area contributed by atoms with Gasteiger partial charge < -0.3 is 24.6 Å². The Morgan fingerprint density at radius 1 is 1.19 bits per heavy atom. The lowest BCUT2D eigenvalue weighted by atomic mass is 9.44. The molecule has 0 aromatic heterocycles. The van der Waals surface area contributed by atoms with E-state index >= 15 is 8.78 Å². The number of fused-ring (bicyclic) bond motifs is 7. The molecule has 1 saturated heterocycles. The summed E-state index contributed by atoms with van der Waals surface area (Å²) < 4.78 is 52.4. The van der Waals surface area contributed by atoms with Crippen LogP contribution in [0.15, 0.2) is 48.1 Å². The summed E-state index contributed by atoms with van der Waals surface area (Å²) in [6, 6.07) is 7.61. The Hall–Kier alpha value is -2.62. The highest BCUT2D eigenvalue weighted by Crippen LogP contribution is 2.72. The lowest BCUT2D eigenvalue weighted by Gasteiger charge is -2.63. The Morgan fingerprint density at radius 3 is 2.58 bits per heavy atom. The van der Waals surface area contributed by atoms with E-state index in [1.807, 2.05) is 39.8 Å². The van der Waals surface area contributed by atoms with Crippen LogP contribution in [0.5, 0.6) is 5.75 Å². The SMILES string of the molecule is CCCC1OC2CC3C4C[C@H](F)C5=CC(=O)C=CC5(C)[C@@]4(F)C(O)CC3(C)C2(C(=O)COc2ccc(NC(C)C)cc2)O1. The predicted molar refractivity (Wildman–Crippen MR) is 157 cm³/mol. The minimum absolute atomic E-state index is 0.0731. The standard InChI is InChI=1S/C34H43F2NO6/c1-6-7-30-42-29-16-23-24-15-26(35)25-14-21(38)12-13-31(25,4)33(24,36)27(39)17-32(23,5)34(29,43-30)28(40)18-41-22-10-8-20(9-11-22)37-19(2)3/h8-14,19,23-24,26-27,29-30,37,39H,6-7,15-18H2,1-5H3/t23?,24?,26-,27?,29?,30?,31?,32?,33-,34?/m0/s1. The normalized spacial score (nSPS) is 43.0. The third kappa shape index (κ3) is 4.28. The molecule has 1 aromatic carbocycles. The molecule has 0 spiro atoms. The third-order valence-corrected chi connectivity index (χ3v) is 11.0. The van der Waals surface area contributed by atoms with Gasteiger partial charge in [0, 0.05) is 28.5 Å². The molecule has 7 nitrogen and oxygen atoms in total. The Labute approximate surface area is 252 Å². The molecular weight excluding hydrogens is 556 g/mol. The van der Waals surface area contributed by atoms with Gasteiger partial charge in [-0.15, -0.1) is 0 Å². The molecule has 6 rings (SSSR count). The Morgan fingerprint density at radius 2 is 1.91 bits per heavy atom. The smallest absolute Gasteiger partial charge is 0.205 e. The number of alkyl halides is 2. The number of allylic oxidation sites excluding steroid dienone is 4. The second-order valence-electron chi connectivity index (χ2n) is 13.8. The molecule has 10 atom stereocenters. The highest BCUT2D eigenvalue weighted by atomic mass is 19.1. The topological polar surface area (TPSA) is 94.1 Å². The van der Waals surface area contributed by atoms with Crippen LogP contribution >= 0.6 is 0 Å². The molecule has 1 aromatic rings. The second kappa shape index (κ2) is 10.5. The van der Waals surface area contributed by atoms with E-state index < -0.39 is 58.6 Å². The third-order valence-electron chi connectivity index (χ3n) is 11.0. The van der Waals surface area contributed by atoms with Crippen molar-refractivity contribution in [3.05, 3.63) is 48.1 Å². The van der Waals surface area contributed by atoms with Crippen molar-refractivity contribution in [2.75, 3.05) is 11.9 Å². The first-order chi connectivity index (χ1) is 20.3. The van der Waals surface area contributed by atoms with Crippen LogP contribution in [0.2, 0.25) is 0 Å². The molecule has 1 aliphatic heterocycles. The molecule has 8 unspecified atom stereocenters. The van der Waals surface area contributed by atoms with E-state index in [2.05, 4.69) is 5.32 Å². The molecule has 2 N–H and O–H groups in total. The molecule has 4 aliphatic carbocycles. The largest absolute Gasteiger partial charge is 0.486 e. The number of aliphatic hydroxyl groups excluding tert-OH is 1. The fraction of sp³-hybridized carbons (Fsp3) is 0.647. The molecule has 3 saturated carbocycles. The molecule has 0 amide bonds. The number of hydrogen-bond donors (Lipinski definition) is 2. The van der Waals surface area contributed by atoms with Crippen LogP contribution < -0.4 is 10.1 Å². The Bertz CT molecular complexity index is 1350. The zero-order valence-electron chi connectivity index (χ0n) is 25.6. The van der Waals surface area contributed by atoms with Crippen molar-refractivity contribution in [2.45, 2.75) is 109 Å². The van der Waals surface area contributed by atoms with Crippen LogP contribution in [-0.2, 0) is 19.1 Å². The van der Waals surface area contributed by atoms with E-state index in [-0.39, 0.29) is 42.6 Å². The summed E-state index contributed by atoms with van der Waals surface area (Å²) in [5, 5.41) is 15.0. The Balaban J connectivity index is 1.33. The zero-order chi connectivity index (χ0) is 30.9. The summed E-state index contributed by atoms with van der Waals surface area (Å²) in [4.78, 5) is 26.5. The fourth-order valence-corrected chi connectivity index (χ4v) is 9.12. The molecule has 0 bridgehead atoms. The van der Waals surface area contributed by atoms with Gasteiger partial charge in [-0.25, -0.2) is 8.78 Å². The van der Waals surface area contributed by atoms with Gasteiger partial charge in [0.2, 0.25) is 5.78 Å². The number of ketones is 2. The van der Waals surface area contributed by atoms with E-state index in [4.69, 9.17) is 14.2 Å². The number of ether oxygens (including phenoxy) is 3. The van der Waals surface area contributed by atoms with E-state index in [1.54, 1.807) is 19.1 Å². The summed E-state index contributed by atoms with van der Waals surface area (Å²) >= 11 is 0. The lowest BCUT2D eigenvalue weighted by Crippen LogP contribution is -2.71. The minimum atomic E-state index is -2.24. The number of hydrogen-bond acceptors (Lipinski definition) is 7.